The summed E-state index contributed by atoms with van der Waals surface area (Å²) in [6, 6.07) is 39.0. The molecule has 2 unspecified atom stereocenters. The molecule has 0 amide bonds. The molecule has 0 saturated heterocycles. The number of rotatable bonds is 51. The number of carbonyl (C=O) groups is 8. The minimum absolute atomic E-state index is 0.0969. The number of allylic oxidation sites excluding steroid dienone is 6. The number of esters is 8. The Morgan fingerprint density at radius 2 is 0.633 bits per heavy atom. The molecule has 7 rings (SSSR count). The third-order valence-electron chi connectivity index (χ3n) is 17.8. The lowest BCUT2D eigenvalue weighted by atomic mass is 10.0. The summed E-state index contributed by atoms with van der Waals surface area (Å²) in [5.74, 6) is 4.55. The molecule has 5 aromatic rings. The molecule has 22 nitrogen and oxygen atoms in total. The summed E-state index contributed by atoms with van der Waals surface area (Å²) in [5, 5.41) is 0. The van der Waals surface area contributed by atoms with E-state index in [2.05, 4.69) is 198 Å². The third-order valence-corrected chi connectivity index (χ3v) is 20.2. The third kappa shape index (κ3) is 56.8. The van der Waals surface area contributed by atoms with Crippen LogP contribution in [0.25, 0.3) is 0 Å². The van der Waals surface area contributed by atoms with Gasteiger partial charge in [0.25, 0.3) is 0 Å². The predicted molar refractivity (Wildman–Crippen MR) is 513 cm³/mol. The van der Waals surface area contributed by atoms with Crippen LogP contribution in [0, 0.1) is 0 Å². The molecule has 5 aromatic carbocycles. The number of ether oxygens (including phenoxy) is 14. The van der Waals surface area contributed by atoms with Gasteiger partial charge in [0.05, 0.1) is 57.5 Å². The van der Waals surface area contributed by atoms with Crippen molar-refractivity contribution in [2.24, 2.45) is 0 Å². The summed E-state index contributed by atoms with van der Waals surface area (Å²) in [4.78, 5) is 92.7. The smallest absolute Gasteiger partial charge is 0.333 e. The van der Waals surface area contributed by atoms with Gasteiger partial charge in [0.15, 0.2) is 0 Å². The van der Waals surface area contributed by atoms with Gasteiger partial charge >= 0.3 is 47.8 Å². The van der Waals surface area contributed by atoms with Gasteiger partial charge in [-0.2, -0.15) is 0 Å². The summed E-state index contributed by atoms with van der Waals surface area (Å²) in [7, 11) is 0. The van der Waals surface area contributed by atoms with E-state index in [1.165, 1.54) is 37.6 Å². The zero-order valence-corrected chi connectivity index (χ0v) is 80.8. The first kappa shape index (κ1) is 114. The molecule has 0 heterocycles. The van der Waals surface area contributed by atoms with Crippen LogP contribution in [0.1, 0.15) is 246 Å². The van der Waals surface area contributed by atoms with E-state index in [1.54, 1.807) is 38.1 Å². The number of hydrogen-bond donors (Lipinski definition) is 0. The molecule has 0 fully saturated rings. The fraction of sp³-hybridized carbons (Fsp3) is 0.481. The van der Waals surface area contributed by atoms with E-state index in [0.717, 1.165) is 53.7 Å². The highest BCUT2D eigenvalue weighted by molar-refractivity contribution is 8.03. The molecule has 0 radical (unpaired) electrons. The molecule has 0 bridgehead atoms. The van der Waals surface area contributed by atoms with E-state index < -0.39 is 23.9 Å². The zero-order chi connectivity index (χ0) is 95.1. The molecule has 704 valence electrons. The highest BCUT2D eigenvalue weighted by Crippen LogP contribution is 2.29. The molecule has 2 aliphatic rings. The van der Waals surface area contributed by atoms with E-state index in [4.69, 9.17) is 66.3 Å². The highest BCUT2D eigenvalue weighted by Gasteiger charge is 2.18. The standard InChI is InChI=1S/C20H28O2S.C19H26O5.C18H24O5.C17H22O4.C16H20O4.C14H24O2S/c1-15(2)17-9-11-18(12-10-17)21-13-19(22-16(3)4)14-23-20-7-5-6-8-20;1-14(2)16-7-9-17(10-8-16)22-12-13-23-18(20)6-5-11-24-19(21)15(3)4;1-4-17(19)22-11-5-6-18(20)23-13-12-21-16-9-7-15(8-10-16)14(2)3;1-12(2)14-7-9-15(10-8-14)21-16(18)6-5-11-20-17(19)13(3)4;1-4-15(17)19-11-5-6-16(18)20-14-9-7-13(8-10-14)12(2)3;1-11(2)15-9-13(16-12(3)4)10-17-14-7-5-6-8-14/h5,7-12,15-16,19H,6,13-14H2,1-4H3;7-10,14H,3,5-6,11-13H2,1-2,4H3;4,7-10,14H,1,5-6,11-13H2,2-3H3;7-10,12H,3,5-6,11H2,1-2,4H3;4,7-10,12H,1,5-6,11H2,2-3H3;5,7-8,11-13H,6,9-10H2,1-4H3. The van der Waals surface area contributed by atoms with Gasteiger partial charge in [-0.3, -0.25) is 19.2 Å². The van der Waals surface area contributed by atoms with Crippen LogP contribution in [-0.4, -0.2) is 156 Å². The van der Waals surface area contributed by atoms with Crippen molar-refractivity contribution < 1.29 is 105 Å². The maximum atomic E-state index is 11.6. The molecule has 0 spiro atoms. The maximum Gasteiger partial charge on any atom is 0.333 e. The fourth-order valence-corrected chi connectivity index (χ4v) is 12.6. The van der Waals surface area contributed by atoms with Gasteiger partial charge in [-0.05, 0) is 212 Å². The van der Waals surface area contributed by atoms with Crippen LogP contribution in [-0.2, 0) is 81.0 Å². The topological polar surface area (TPSA) is 266 Å². The molecule has 0 N–H and O–H groups in total. The normalized spacial score (nSPS) is 12.0. The number of thioether (sulfide) groups is 2. The Morgan fingerprint density at radius 3 is 0.906 bits per heavy atom. The first-order chi connectivity index (χ1) is 61.0. The summed E-state index contributed by atoms with van der Waals surface area (Å²) in [6.45, 7) is 53.4. The monoisotopic (exact) mass is 1810 g/mol. The van der Waals surface area contributed by atoms with E-state index in [9.17, 15) is 38.4 Å². The van der Waals surface area contributed by atoms with Crippen molar-refractivity contribution in [1.29, 1.82) is 0 Å². The van der Waals surface area contributed by atoms with E-state index in [1.807, 2.05) is 96.3 Å². The average molecular weight is 1810 g/mol. The Labute approximate surface area is 771 Å². The van der Waals surface area contributed by atoms with E-state index in [0.29, 0.717) is 104 Å². The van der Waals surface area contributed by atoms with Crippen LogP contribution in [0.15, 0.2) is 217 Å². The molecular formula is C104H144O22S2. The Morgan fingerprint density at radius 1 is 0.344 bits per heavy atom. The van der Waals surface area contributed by atoms with Crippen LogP contribution >= 0.6 is 23.5 Å². The van der Waals surface area contributed by atoms with E-state index in [-0.39, 0.29) is 120 Å². The Bertz CT molecular complexity index is 4190. The SMILES string of the molecule is C=C(C)C(=O)OCCCC(=O)OCCOc1ccc(C(C)C)cc1.C=C(C)C(=O)OCCCC(=O)Oc1ccc(C(C)C)cc1.C=CC(=O)OCCCC(=O)OCCOc1ccc(C(C)C)cc1.C=CC(=O)OCCCC(=O)Oc1ccc(C(C)C)cc1.CC(C)OC(COc1ccc(C(C)C)cc1)CSC1=CCC=C1.CC(C)OCC(CSC1=CCC=C1)OC(C)C. The van der Waals surface area contributed by atoms with Crippen molar-refractivity contribution in [2.75, 3.05) is 77.6 Å². The second-order valence-electron chi connectivity index (χ2n) is 32.1. The average Bonchev–Trinajstić information content (AvgIpc) is 1.31. The summed E-state index contributed by atoms with van der Waals surface area (Å²) < 4.78 is 74.3. The first-order valence-electron chi connectivity index (χ1n) is 44.2. The molecule has 0 aliphatic heterocycles. The quantitative estimate of drug-likeness (QED) is 0.0115. The van der Waals surface area contributed by atoms with E-state index >= 15 is 0 Å². The van der Waals surface area contributed by atoms with Crippen molar-refractivity contribution >= 4 is 71.3 Å². The van der Waals surface area contributed by atoms with Gasteiger partial charge in [-0.1, -0.05) is 193 Å². The second-order valence-corrected chi connectivity index (χ2v) is 34.3. The number of hydrogen-bond acceptors (Lipinski definition) is 24. The number of carbonyl (C=O) groups excluding carboxylic acids is 8. The maximum absolute atomic E-state index is 11.6. The van der Waals surface area contributed by atoms with Crippen LogP contribution in [0.2, 0.25) is 0 Å². The van der Waals surface area contributed by atoms with Gasteiger partial charge in [-0.25, -0.2) is 19.2 Å². The van der Waals surface area contributed by atoms with Crippen LogP contribution in [0.4, 0.5) is 0 Å². The highest BCUT2D eigenvalue weighted by atomic mass is 32.2. The van der Waals surface area contributed by atoms with Crippen LogP contribution < -0.4 is 23.7 Å². The Kier molecular flexibility index (Phi) is 60.4. The fourth-order valence-electron chi connectivity index (χ4n) is 10.7. The van der Waals surface area contributed by atoms with Crippen LogP contribution in [0.5, 0.6) is 28.7 Å². The largest absolute Gasteiger partial charge is 0.491 e. The Hall–Kier alpha value is -10.2. The van der Waals surface area contributed by atoms with Gasteiger partial charge in [0.2, 0.25) is 0 Å². The van der Waals surface area contributed by atoms with Gasteiger partial charge in [0, 0.05) is 70.3 Å². The van der Waals surface area contributed by atoms with Crippen molar-refractivity contribution in [1.82, 2.24) is 0 Å². The lowest BCUT2D eigenvalue weighted by Gasteiger charge is -2.21. The Balaban J connectivity index is 0.000000522. The molecule has 0 aromatic heterocycles. The molecule has 24 heteroatoms. The summed E-state index contributed by atoms with van der Waals surface area (Å²) >= 11 is 3.70. The summed E-state index contributed by atoms with van der Waals surface area (Å²) in [6.07, 6.45) is 21.1. The van der Waals surface area contributed by atoms with Gasteiger partial charge in [-0.15, -0.1) is 23.5 Å². The van der Waals surface area contributed by atoms with Crippen molar-refractivity contribution in [3.8, 4) is 28.7 Å². The lowest BCUT2D eigenvalue weighted by molar-refractivity contribution is -0.146. The molecule has 0 saturated carbocycles. The molecule has 2 atom stereocenters. The van der Waals surface area contributed by atoms with Crippen molar-refractivity contribution in [3.05, 3.63) is 245 Å². The van der Waals surface area contributed by atoms with Crippen molar-refractivity contribution in [2.45, 2.75) is 249 Å². The number of benzene rings is 5. The molecule has 128 heavy (non-hydrogen) atoms. The first-order valence-corrected chi connectivity index (χ1v) is 46.2. The van der Waals surface area contributed by atoms with Crippen molar-refractivity contribution in [3.63, 3.8) is 0 Å². The van der Waals surface area contributed by atoms with Gasteiger partial charge < -0.3 is 66.3 Å². The zero-order valence-electron chi connectivity index (χ0n) is 79.1. The second kappa shape index (κ2) is 67.9. The lowest BCUT2D eigenvalue weighted by Crippen LogP contribution is -2.27. The van der Waals surface area contributed by atoms with Gasteiger partial charge in [0.1, 0.15) is 67.9 Å². The predicted octanol–water partition coefficient (Wildman–Crippen LogP) is 23.1. The van der Waals surface area contributed by atoms with Crippen LogP contribution in [0.3, 0.4) is 0 Å². The molecule has 2 aliphatic carbocycles. The summed E-state index contributed by atoms with van der Waals surface area (Å²) in [5.41, 5.74) is 6.92. The minimum atomic E-state index is -0.491. The minimum Gasteiger partial charge on any atom is -0.491 e. The molecular weight excluding hydrogens is 1670 g/mol.